The predicted octanol–water partition coefficient (Wildman–Crippen LogP) is 3.06. The summed E-state index contributed by atoms with van der Waals surface area (Å²) in [6.45, 7) is 4.11. The van der Waals surface area contributed by atoms with Gasteiger partial charge in [0.1, 0.15) is 5.82 Å². The molecule has 2 aromatic rings. The Kier molecular flexibility index (Phi) is 6.88. The van der Waals surface area contributed by atoms with Gasteiger partial charge in [-0.25, -0.2) is 9.98 Å². The highest BCUT2D eigenvalue weighted by Gasteiger charge is 2.06. The number of halogens is 1. The molecular formula is C18H24ClN5. The number of guanidine groups is 1. The van der Waals surface area contributed by atoms with E-state index in [-0.39, 0.29) is 0 Å². The molecule has 1 aromatic heterocycles. The van der Waals surface area contributed by atoms with E-state index in [1.165, 1.54) is 0 Å². The van der Waals surface area contributed by atoms with Gasteiger partial charge in [-0.05, 0) is 30.7 Å². The third kappa shape index (κ3) is 5.42. The van der Waals surface area contributed by atoms with Crippen molar-refractivity contribution in [2.24, 2.45) is 4.99 Å². The van der Waals surface area contributed by atoms with Crippen molar-refractivity contribution in [2.45, 2.75) is 20.0 Å². The molecule has 0 fully saturated rings. The van der Waals surface area contributed by atoms with Crippen LogP contribution < -0.4 is 15.5 Å². The zero-order chi connectivity index (χ0) is 17.4. The van der Waals surface area contributed by atoms with Crippen molar-refractivity contribution in [1.82, 2.24) is 15.6 Å². The zero-order valence-electron chi connectivity index (χ0n) is 14.4. The van der Waals surface area contributed by atoms with Gasteiger partial charge in [0, 0.05) is 44.0 Å². The first kappa shape index (κ1) is 18.1. The molecule has 128 valence electrons. The fourth-order valence-corrected chi connectivity index (χ4v) is 2.38. The van der Waals surface area contributed by atoms with Crippen molar-refractivity contribution in [3.8, 4) is 0 Å². The maximum absolute atomic E-state index is 5.91. The molecule has 24 heavy (non-hydrogen) atoms. The van der Waals surface area contributed by atoms with Crippen LogP contribution in [0.4, 0.5) is 5.82 Å². The van der Waals surface area contributed by atoms with Crippen molar-refractivity contribution in [2.75, 3.05) is 25.5 Å². The number of hydrogen-bond donors (Lipinski definition) is 2. The summed E-state index contributed by atoms with van der Waals surface area (Å²) in [5.74, 6) is 1.74. The van der Waals surface area contributed by atoms with Gasteiger partial charge < -0.3 is 15.5 Å². The fraction of sp³-hybridized carbons (Fsp3) is 0.333. The summed E-state index contributed by atoms with van der Waals surface area (Å²) in [5.41, 5.74) is 2.24. The number of hydrogen-bond acceptors (Lipinski definition) is 3. The van der Waals surface area contributed by atoms with Crippen molar-refractivity contribution >= 4 is 23.4 Å². The van der Waals surface area contributed by atoms with Crippen LogP contribution in [0.5, 0.6) is 0 Å². The van der Waals surface area contributed by atoms with Gasteiger partial charge in [0.25, 0.3) is 0 Å². The van der Waals surface area contributed by atoms with Gasteiger partial charge in [-0.2, -0.15) is 0 Å². The molecule has 1 heterocycles. The van der Waals surface area contributed by atoms with Crippen LogP contribution in [0.1, 0.15) is 18.1 Å². The molecule has 0 saturated carbocycles. The van der Waals surface area contributed by atoms with Crippen LogP contribution >= 0.6 is 11.6 Å². The normalized spacial score (nSPS) is 11.2. The monoisotopic (exact) mass is 345 g/mol. The molecule has 0 aliphatic carbocycles. The predicted molar refractivity (Wildman–Crippen MR) is 102 cm³/mol. The lowest BCUT2D eigenvalue weighted by Crippen LogP contribution is -2.37. The lowest BCUT2D eigenvalue weighted by atomic mass is 10.2. The Morgan fingerprint density at radius 3 is 2.58 bits per heavy atom. The van der Waals surface area contributed by atoms with E-state index in [2.05, 4.69) is 33.6 Å². The van der Waals surface area contributed by atoms with E-state index in [9.17, 15) is 0 Å². The number of nitrogens with one attached hydrogen (secondary N) is 2. The van der Waals surface area contributed by atoms with E-state index < -0.39 is 0 Å². The molecule has 0 aliphatic heterocycles. The Morgan fingerprint density at radius 1 is 1.17 bits per heavy atom. The Bertz CT molecular complexity index is 667. The van der Waals surface area contributed by atoms with Crippen LogP contribution in [0.15, 0.2) is 47.6 Å². The van der Waals surface area contributed by atoms with Gasteiger partial charge in [-0.3, -0.25) is 0 Å². The maximum Gasteiger partial charge on any atom is 0.191 e. The fourth-order valence-electron chi connectivity index (χ4n) is 2.25. The molecule has 0 unspecified atom stereocenters. The third-order valence-electron chi connectivity index (χ3n) is 3.41. The highest BCUT2D eigenvalue weighted by molar-refractivity contribution is 6.30. The van der Waals surface area contributed by atoms with E-state index >= 15 is 0 Å². The van der Waals surface area contributed by atoms with E-state index in [4.69, 9.17) is 11.6 Å². The summed E-state index contributed by atoms with van der Waals surface area (Å²) in [4.78, 5) is 11.0. The molecule has 6 heteroatoms. The van der Waals surface area contributed by atoms with Gasteiger partial charge in [-0.1, -0.05) is 29.8 Å². The molecule has 0 atom stereocenters. The van der Waals surface area contributed by atoms with Crippen molar-refractivity contribution in [3.05, 3.63) is 58.7 Å². The van der Waals surface area contributed by atoms with Crippen LogP contribution in [-0.4, -0.2) is 31.6 Å². The van der Waals surface area contributed by atoms with E-state index in [0.29, 0.717) is 13.1 Å². The highest BCUT2D eigenvalue weighted by Crippen LogP contribution is 2.14. The number of aliphatic imine (C=N–C) groups is 1. The second-order valence-corrected chi connectivity index (χ2v) is 5.99. The average molecular weight is 346 g/mol. The Hall–Kier alpha value is -2.27. The molecule has 0 spiro atoms. The summed E-state index contributed by atoms with van der Waals surface area (Å²) < 4.78 is 0. The largest absolute Gasteiger partial charge is 0.362 e. The van der Waals surface area contributed by atoms with Gasteiger partial charge in [0.2, 0.25) is 0 Å². The minimum atomic E-state index is 0.597. The molecule has 1 aromatic carbocycles. The summed E-state index contributed by atoms with van der Waals surface area (Å²) in [6.07, 6.45) is 1.80. The SMILES string of the molecule is CCNC(=NCc1ccc(Cl)cc1)NCc1cccnc1N(C)C. The average Bonchev–Trinajstić information content (AvgIpc) is 2.59. The number of nitrogens with zero attached hydrogens (tertiary/aromatic N) is 3. The Labute approximate surface area is 148 Å². The Balaban J connectivity index is 2.03. The van der Waals surface area contributed by atoms with Gasteiger partial charge in [-0.15, -0.1) is 0 Å². The summed E-state index contributed by atoms with van der Waals surface area (Å²) >= 11 is 5.91. The number of rotatable bonds is 6. The Morgan fingerprint density at radius 2 is 1.92 bits per heavy atom. The van der Waals surface area contributed by atoms with Gasteiger partial charge in [0.05, 0.1) is 6.54 Å². The van der Waals surface area contributed by atoms with E-state index in [1.54, 1.807) is 6.20 Å². The van der Waals surface area contributed by atoms with Crippen LogP contribution in [-0.2, 0) is 13.1 Å². The van der Waals surface area contributed by atoms with Crippen molar-refractivity contribution in [1.29, 1.82) is 0 Å². The van der Waals surface area contributed by atoms with Gasteiger partial charge in [0.15, 0.2) is 5.96 Å². The molecule has 2 N–H and O–H groups in total. The first-order valence-corrected chi connectivity index (χ1v) is 8.35. The smallest absolute Gasteiger partial charge is 0.191 e. The molecule has 0 radical (unpaired) electrons. The van der Waals surface area contributed by atoms with Gasteiger partial charge >= 0.3 is 0 Å². The number of pyridine rings is 1. The number of benzene rings is 1. The molecule has 0 amide bonds. The first-order chi connectivity index (χ1) is 11.6. The maximum atomic E-state index is 5.91. The minimum absolute atomic E-state index is 0.597. The standard InChI is InChI=1S/C18H24ClN5/c1-4-20-18(22-12-14-7-9-16(19)10-8-14)23-13-15-6-5-11-21-17(15)24(2)3/h5-11H,4,12-13H2,1-3H3,(H2,20,22,23). The summed E-state index contributed by atoms with van der Waals surface area (Å²) in [7, 11) is 3.98. The first-order valence-electron chi connectivity index (χ1n) is 7.98. The van der Waals surface area contributed by atoms with Crippen molar-refractivity contribution in [3.63, 3.8) is 0 Å². The molecular weight excluding hydrogens is 322 g/mol. The lowest BCUT2D eigenvalue weighted by Gasteiger charge is -2.17. The molecule has 0 aliphatic rings. The van der Waals surface area contributed by atoms with Crippen LogP contribution in [0.2, 0.25) is 5.02 Å². The second-order valence-electron chi connectivity index (χ2n) is 5.56. The van der Waals surface area contributed by atoms with E-state index in [1.807, 2.05) is 49.3 Å². The topological polar surface area (TPSA) is 52.6 Å². The summed E-state index contributed by atoms with van der Waals surface area (Å²) in [6, 6.07) is 11.7. The number of aromatic nitrogens is 1. The number of anilines is 1. The minimum Gasteiger partial charge on any atom is -0.362 e. The lowest BCUT2D eigenvalue weighted by molar-refractivity contribution is 0.810. The highest BCUT2D eigenvalue weighted by atomic mass is 35.5. The molecule has 0 saturated heterocycles. The molecule has 5 nitrogen and oxygen atoms in total. The van der Waals surface area contributed by atoms with Crippen molar-refractivity contribution < 1.29 is 0 Å². The van der Waals surface area contributed by atoms with Crippen LogP contribution in [0, 0.1) is 0 Å². The quantitative estimate of drug-likeness (QED) is 0.624. The third-order valence-corrected chi connectivity index (χ3v) is 3.67. The van der Waals surface area contributed by atoms with E-state index in [0.717, 1.165) is 34.5 Å². The van der Waals surface area contributed by atoms with Crippen LogP contribution in [0.3, 0.4) is 0 Å². The zero-order valence-corrected chi connectivity index (χ0v) is 15.1. The molecule has 0 bridgehead atoms. The molecule has 2 rings (SSSR count). The van der Waals surface area contributed by atoms with Crippen LogP contribution in [0.25, 0.3) is 0 Å². The summed E-state index contributed by atoms with van der Waals surface area (Å²) in [5, 5.41) is 7.36. The second kappa shape index (κ2) is 9.13.